The quantitative estimate of drug-likeness (QED) is 0.568. The van der Waals surface area contributed by atoms with Gasteiger partial charge in [-0.3, -0.25) is 4.79 Å². The zero-order chi connectivity index (χ0) is 8.27. The van der Waals surface area contributed by atoms with Crippen LogP contribution in [-0.2, 0) is 4.79 Å². The van der Waals surface area contributed by atoms with E-state index >= 15 is 0 Å². The lowest BCUT2D eigenvalue weighted by Gasteiger charge is -2.18. The van der Waals surface area contributed by atoms with E-state index in [1.54, 1.807) is 0 Å². The molecule has 2 atom stereocenters. The molecule has 2 nitrogen and oxygen atoms in total. The first-order valence-electron chi connectivity index (χ1n) is 4.06. The molecule has 1 N–H and O–H groups in total. The highest BCUT2D eigenvalue weighted by Gasteiger charge is 2.24. The number of halogens is 1. The first kappa shape index (κ1) is 9.01. The van der Waals surface area contributed by atoms with Crippen LogP contribution in [0.2, 0.25) is 0 Å². The minimum Gasteiger partial charge on any atom is -0.391 e. The van der Waals surface area contributed by atoms with Crippen LogP contribution < -0.4 is 0 Å². The van der Waals surface area contributed by atoms with Crippen molar-refractivity contribution in [1.29, 1.82) is 0 Å². The maximum absolute atomic E-state index is 11.1. The van der Waals surface area contributed by atoms with Crippen LogP contribution in [0.25, 0.3) is 0 Å². The fourth-order valence-corrected chi connectivity index (χ4v) is 1.56. The van der Waals surface area contributed by atoms with Gasteiger partial charge in [-0.1, -0.05) is 12.8 Å². The molecule has 3 heteroatoms. The standard InChI is InChI=1S/C8H13ClO2/c9-8-6(10)4-2-1-3-5-7(8)11/h6,8,10H,1-5H2/t6-,8+/m1/s1. The van der Waals surface area contributed by atoms with Crippen molar-refractivity contribution in [1.82, 2.24) is 0 Å². The Balaban J connectivity index is 2.49. The van der Waals surface area contributed by atoms with Crippen LogP contribution in [-0.4, -0.2) is 22.4 Å². The lowest BCUT2D eigenvalue weighted by atomic mass is 9.97. The summed E-state index contributed by atoms with van der Waals surface area (Å²) in [6, 6.07) is 0. The van der Waals surface area contributed by atoms with Crippen molar-refractivity contribution >= 4 is 17.4 Å². The summed E-state index contributed by atoms with van der Waals surface area (Å²) in [6.07, 6.45) is 3.52. The van der Waals surface area contributed by atoms with Gasteiger partial charge in [-0.05, 0) is 12.8 Å². The first-order valence-corrected chi connectivity index (χ1v) is 4.50. The molecule has 0 aromatic rings. The number of ketones is 1. The van der Waals surface area contributed by atoms with Crippen LogP contribution >= 0.6 is 11.6 Å². The molecule has 0 heterocycles. The number of Topliss-reactive ketones (excluding diaryl/α,β-unsaturated/α-hetero) is 1. The predicted octanol–water partition coefficient (Wildman–Crippen LogP) is 1.49. The topological polar surface area (TPSA) is 37.3 Å². The molecule has 1 aliphatic carbocycles. The molecule has 0 bridgehead atoms. The van der Waals surface area contributed by atoms with Crippen molar-refractivity contribution in [3.8, 4) is 0 Å². The summed E-state index contributed by atoms with van der Waals surface area (Å²) in [6.45, 7) is 0. The molecule has 0 saturated heterocycles. The summed E-state index contributed by atoms with van der Waals surface area (Å²) in [4.78, 5) is 11.1. The number of alkyl halides is 1. The van der Waals surface area contributed by atoms with E-state index in [1.807, 2.05) is 0 Å². The fourth-order valence-electron chi connectivity index (χ4n) is 1.33. The third-order valence-corrected chi connectivity index (χ3v) is 2.60. The van der Waals surface area contributed by atoms with Crippen LogP contribution in [0.1, 0.15) is 32.1 Å². The summed E-state index contributed by atoms with van der Waals surface area (Å²) in [5.41, 5.74) is 0. The van der Waals surface area contributed by atoms with Gasteiger partial charge >= 0.3 is 0 Å². The van der Waals surface area contributed by atoms with Gasteiger partial charge in [-0.25, -0.2) is 0 Å². The maximum Gasteiger partial charge on any atom is 0.153 e. The summed E-state index contributed by atoms with van der Waals surface area (Å²) in [5.74, 6) is -0.00105. The average Bonchev–Trinajstić information content (AvgIpc) is 2.00. The second kappa shape index (κ2) is 4.07. The molecule has 0 unspecified atom stereocenters. The molecule has 0 spiro atoms. The van der Waals surface area contributed by atoms with Crippen LogP contribution in [0.5, 0.6) is 0 Å². The smallest absolute Gasteiger partial charge is 0.153 e. The zero-order valence-electron chi connectivity index (χ0n) is 6.42. The van der Waals surface area contributed by atoms with Gasteiger partial charge in [-0.2, -0.15) is 0 Å². The highest BCUT2D eigenvalue weighted by molar-refractivity contribution is 6.31. The number of hydrogen-bond donors (Lipinski definition) is 1. The number of aliphatic hydroxyl groups is 1. The number of rotatable bonds is 0. The molecule has 0 aromatic heterocycles. The van der Waals surface area contributed by atoms with Crippen LogP contribution in [0.4, 0.5) is 0 Å². The SMILES string of the molecule is O=C1CCCCC[C@@H](O)[C@@H]1Cl. The van der Waals surface area contributed by atoms with Gasteiger partial charge < -0.3 is 5.11 Å². The summed E-state index contributed by atoms with van der Waals surface area (Å²) in [7, 11) is 0. The largest absolute Gasteiger partial charge is 0.391 e. The molecule has 1 rings (SSSR count). The molecule has 11 heavy (non-hydrogen) atoms. The van der Waals surface area contributed by atoms with Gasteiger partial charge in [0.15, 0.2) is 5.78 Å². The van der Waals surface area contributed by atoms with E-state index in [1.165, 1.54) is 0 Å². The van der Waals surface area contributed by atoms with E-state index in [0.717, 1.165) is 19.3 Å². The maximum atomic E-state index is 11.1. The minimum absolute atomic E-state index is 0.00105. The van der Waals surface area contributed by atoms with Crippen molar-refractivity contribution in [2.24, 2.45) is 0 Å². The summed E-state index contributed by atoms with van der Waals surface area (Å²) in [5, 5.41) is 8.64. The van der Waals surface area contributed by atoms with Crippen LogP contribution in [0, 0.1) is 0 Å². The van der Waals surface area contributed by atoms with Gasteiger partial charge in [0, 0.05) is 6.42 Å². The lowest BCUT2D eigenvalue weighted by molar-refractivity contribution is -0.121. The van der Waals surface area contributed by atoms with Crippen molar-refractivity contribution in [3.63, 3.8) is 0 Å². The van der Waals surface area contributed by atoms with Gasteiger partial charge in [0.05, 0.1) is 6.10 Å². The Bertz CT molecular complexity index is 147. The van der Waals surface area contributed by atoms with Gasteiger partial charge in [-0.15, -0.1) is 11.6 Å². The molecule has 0 amide bonds. The Kier molecular flexibility index (Phi) is 3.34. The zero-order valence-corrected chi connectivity index (χ0v) is 7.18. The molecular formula is C8H13ClO2. The molecule has 1 fully saturated rings. The van der Waals surface area contributed by atoms with E-state index < -0.39 is 11.5 Å². The van der Waals surface area contributed by atoms with Gasteiger partial charge in [0.1, 0.15) is 5.38 Å². The third kappa shape index (κ3) is 2.46. The Morgan fingerprint density at radius 2 is 2.09 bits per heavy atom. The van der Waals surface area contributed by atoms with E-state index in [9.17, 15) is 9.90 Å². The molecule has 1 aliphatic rings. The molecular weight excluding hydrogens is 164 g/mol. The third-order valence-electron chi connectivity index (χ3n) is 2.07. The number of carbonyl (C=O) groups is 1. The molecule has 0 aliphatic heterocycles. The normalized spacial score (nSPS) is 34.5. The van der Waals surface area contributed by atoms with E-state index in [4.69, 9.17) is 11.6 Å². The molecule has 64 valence electrons. The summed E-state index contributed by atoms with van der Waals surface area (Å²) >= 11 is 5.69. The van der Waals surface area contributed by atoms with Gasteiger partial charge in [0.2, 0.25) is 0 Å². The second-order valence-electron chi connectivity index (χ2n) is 3.03. The van der Waals surface area contributed by atoms with Crippen molar-refractivity contribution in [3.05, 3.63) is 0 Å². The monoisotopic (exact) mass is 176 g/mol. The van der Waals surface area contributed by atoms with E-state index in [2.05, 4.69) is 0 Å². The first-order chi connectivity index (χ1) is 5.22. The van der Waals surface area contributed by atoms with Crippen LogP contribution in [0.15, 0.2) is 0 Å². The minimum atomic E-state index is -0.657. The second-order valence-corrected chi connectivity index (χ2v) is 3.50. The fraction of sp³-hybridized carbons (Fsp3) is 0.875. The Hall–Kier alpha value is -0.0800. The summed E-state index contributed by atoms with van der Waals surface area (Å²) < 4.78 is 0. The number of aliphatic hydroxyl groups excluding tert-OH is 1. The Morgan fingerprint density at radius 1 is 1.36 bits per heavy atom. The van der Waals surface area contributed by atoms with Crippen molar-refractivity contribution in [2.75, 3.05) is 0 Å². The van der Waals surface area contributed by atoms with Crippen molar-refractivity contribution in [2.45, 2.75) is 43.6 Å². The van der Waals surface area contributed by atoms with Crippen LogP contribution in [0.3, 0.4) is 0 Å². The number of carbonyl (C=O) groups excluding carboxylic acids is 1. The molecule has 0 aromatic carbocycles. The Labute approximate surface area is 71.5 Å². The Morgan fingerprint density at radius 3 is 2.82 bits per heavy atom. The number of hydrogen-bond acceptors (Lipinski definition) is 2. The van der Waals surface area contributed by atoms with Crippen molar-refractivity contribution < 1.29 is 9.90 Å². The lowest BCUT2D eigenvalue weighted by Crippen LogP contribution is -2.30. The molecule has 1 saturated carbocycles. The average molecular weight is 177 g/mol. The highest BCUT2D eigenvalue weighted by atomic mass is 35.5. The van der Waals surface area contributed by atoms with E-state index in [-0.39, 0.29) is 5.78 Å². The molecule has 0 radical (unpaired) electrons. The van der Waals surface area contributed by atoms with E-state index in [0.29, 0.717) is 12.8 Å². The van der Waals surface area contributed by atoms with Gasteiger partial charge in [0.25, 0.3) is 0 Å². The predicted molar refractivity (Wildman–Crippen MR) is 43.7 cm³/mol. The highest BCUT2D eigenvalue weighted by Crippen LogP contribution is 2.18.